The molecule has 2 heterocycles. The topological polar surface area (TPSA) is 75.7 Å². The molecule has 1 saturated heterocycles. The predicted molar refractivity (Wildman–Crippen MR) is 86.9 cm³/mol. The number of benzene rings is 1. The van der Waals surface area contributed by atoms with Crippen LogP contribution in [0.1, 0.15) is 55.3 Å². The third-order valence-corrected chi connectivity index (χ3v) is 4.50. The minimum atomic E-state index is -0.801. The molecule has 6 heteroatoms. The minimum Gasteiger partial charge on any atom is -0.433 e. The average molecular weight is 330 g/mol. The molecular formula is C18H22N2O4. The molecule has 1 fully saturated rings. The van der Waals surface area contributed by atoms with Crippen LogP contribution in [0.5, 0.6) is 0 Å². The summed E-state index contributed by atoms with van der Waals surface area (Å²) in [4.78, 5) is 38.2. The second kappa shape index (κ2) is 6.63. The van der Waals surface area contributed by atoms with Gasteiger partial charge in [-0.1, -0.05) is 32.0 Å². The van der Waals surface area contributed by atoms with E-state index in [-0.39, 0.29) is 11.8 Å². The second-order valence-electron chi connectivity index (χ2n) is 6.67. The highest BCUT2D eigenvalue weighted by atomic mass is 16.6. The van der Waals surface area contributed by atoms with E-state index in [0.29, 0.717) is 36.4 Å². The van der Waals surface area contributed by atoms with Crippen LogP contribution in [0, 0.1) is 5.92 Å². The molecule has 2 aliphatic rings. The van der Waals surface area contributed by atoms with Crippen molar-refractivity contribution in [1.29, 1.82) is 0 Å². The highest BCUT2D eigenvalue weighted by Gasteiger charge is 2.46. The van der Waals surface area contributed by atoms with E-state index in [2.05, 4.69) is 19.2 Å². The predicted octanol–water partition coefficient (Wildman–Crippen LogP) is 2.01. The number of hydrogen-bond acceptors (Lipinski definition) is 4. The van der Waals surface area contributed by atoms with Gasteiger partial charge in [0.05, 0.1) is 5.56 Å². The maximum Gasteiger partial charge on any atom is 0.340 e. The number of amides is 2. The van der Waals surface area contributed by atoms with Crippen LogP contribution in [0.25, 0.3) is 0 Å². The van der Waals surface area contributed by atoms with Crippen LogP contribution in [0.2, 0.25) is 0 Å². The average Bonchev–Trinajstić information content (AvgIpc) is 3.08. The fraction of sp³-hybridized carbons (Fsp3) is 0.500. The van der Waals surface area contributed by atoms with E-state index >= 15 is 0 Å². The molecule has 2 atom stereocenters. The van der Waals surface area contributed by atoms with Crippen LogP contribution >= 0.6 is 0 Å². The van der Waals surface area contributed by atoms with Crippen LogP contribution in [0.3, 0.4) is 0 Å². The quantitative estimate of drug-likeness (QED) is 0.838. The largest absolute Gasteiger partial charge is 0.433 e. The zero-order valence-corrected chi connectivity index (χ0v) is 14.0. The lowest BCUT2D eigenvalue weighted by Gasteiger charge is -2.29. The SMILES string of the molecule is CC(C)CCNC(=O)C1CCC(=O)N1C1OC(=O)c2ccccc21. The maximum atomic E-state index is 12.5. The van der Waals surface area contributed by atoms with Gasteiger partial charge in [-0.15, -0.1) is 0 Å². The number of fused-ring (bicyclic) bond motifs is 1. The smallest absolute Gasteiger partial charge is 0.340 e. The number of ether oxygens (including phenoxy) is 1. The van der Waals surface area contributed by atoms with E-state index < -0.39 is 18.2 Å². The maximum absolute atomic E-state index is 12.5. The highest BCUT2D eigenvalue weighted by Crippen LogP contribution is 2.38. The van der Waals surface area contributed by atoms with E-state index in [9.17, 15) is 14.4 Å². The van der Waals surface area contributed by atoms with Crippen molar-refractivity contribution in [1.82, 2.24) is 10.2 Å². The first kappa shape index (κ1) is 16.5. The Balaban J connectivity index is 1.77. The molecule has 1 aromatic carbocycles. The molecule has 24 heavy (non-hydrogen) atoms. The molecule has 0 saturated carbocycles. The summed E-state index contributed by atoms with van der Waals surface area (Å²) in [5.41, 5.74) is 1.11. The van der Waals surface area contributed by atoms with Gasteiger partial charge in [0.25, 0.3) is 0 Å². The lowest BCUT2D eigenvalue weighted by Crippen LogP contribution is -2.46. The number of rotatable bonds is 5. The first-order valence-corrected chi connectivity index (χ1v) is 8.38. The fourth-order valence-corrected chi connectivity index (χ4v) is 3.19. The summed E-state index contributed by atoms with van der Waals surface area (Å²) in [5.74, 6) is -0.293. The Labute approximate surface area is 141 Å². The molecule has 0 bridgehead atoms. The van der Waals surface area contributed by atoms with Gasteiger partial charge in [-0.25, -0.2) is 4.79 Å². The molecule has 1 N–H and O–H groups in total. The minimum absolute atomic E-state index is 0.159. The van der Waals surface area contributed by atoms with Crippen LogP contribution in [0.15, 0.2) is 24.3 Å². The number of esters is 1. The molecular weight excluding hydrogens is 308 g/mol. The van der Waals surface area contributed by atoms with Crippen molar-refractivity contribution in [2.24, 2.45) is 5.92 Å². The lowest BCUT2D eigenvalue weighted by molar-refractivity contribution is -0.145. The van der Waals surface area contributed by atoms with Gasteiger partial charge in [0.2, 0.25) is 18.0 Å². The zero-order chi connectivity index (χ0) is 17.3. The third kappa shape index (κ3) is 3.00. The van der Waals surface area contributed by atoms with E-state index in [0.717, 1.165) is 6.42 Å². The summed E-state index contributed by atoms with van der Waals surface area (Å²) in [6, 6.07) is 6.41. The standard InChI is InChI=1S/C18H22N2O4/c1-11(2)9-10-19-16(22)14-7-8-15(21)20(14)17-12-5-3-4-6-13(12)18(23)24-17/h3-6,11,14,17H,7-10H2,1-2H3,(H,19,22). The number of cyclic esters (lactones) is 1. The second-order valence-corrected chi connectivity index (χ2v) is 6.67. The van der Waals surface area contributed by atoms with Gasteiger partial charge in [0.15, 0.2) is 0 Å². The summed E-state index contributed by atoms with van der Waals surface area (Å²) in [7, 11) is 0. The Morgan fingerprint density at radius 3 is 2.83 bits per heavy atom. The monoisotopic (exact) mass is 330 g/mol. The van der Waals surface area contributed by atoms with Crippen LogP contribution in [0.4, 0.5) is 0 Å². The lowest BCUT2D eigenvalue weighted by atomic mass is 10.1. The number of nitrogens with zero attached hydrogens (tertiary/aromatic N) is 1. The Morgan fingerprint density at radius 2 is 2.08 bits per heavy atom. The van der Waals surface area contributed by atoms with Gasteiger partial charge < -0.3 is 10.1 Å². The highest BCUT2D eigenvalue weighted by molar-refractivity contribution is 5.96. The summed E-state index contributed by atoms with van der Waals surface area (Å²) >= 11 is 0. The van der Waals surface area contributed by atoms with E-state index in [1.807, 2.05) is 0 Å². The number of hydrogen-bond donors (Lipinski definition) is 1. The molecule has 6 nitrogen and oxygen atoms in total. The van der Waals surface area contributed by atoms with Gasteiger partial charge >= 0.3 is 5.97 Å². The summed E-state index contributed by atoms with van der Waals surface area (Å²) in [6.45, 7) is 4.76. The van der Waals surface area contributed by atoms with E-state index in [1.54, 1.807) is 24.3 Å². The molecule has 1 aromatic rings. The number of nitrogens with one attached hydrogen (secondary N) is 1. The Morgan fingerprint density at radius 1 is 1.33 bits per heavy atom. The van der Waals surface area contributed by atoms with Gasteiger partial charge in [0, 0.05) is 18.5 Å². The molecule has 0 radical (unpaired) electrons. The molecule has 0 aliphatic carbocycles. The van der Waals surface area contributed by atoms with Crippen molar-refractivity contribution < 1.29 is 19.1 Å². The van der Waals surface area contributed by atoms with Crippen molar-refractivity contribution in [2.75, 3.05) is 6.54 Å². The van der Waals surface area contributed by atoms with Crippen molar-refractivity contribution in [2.45, 2.75) is 45.4 Å². The van der Waals surface area contributed by atoms with Crippen molar-refractivity contribution in [3.05, 3.63) is 35.4 Å². The van der Waals surface area contributed by atoms with E-state index in [1.165, 1.54) is 4.90 Å². The van der Waals surface area contributed by atoms with Gasteiger partial charge in [-0.2, -0.15) is 0 Å². The number of carbonyl (C=O) groups excluding carboxylic acids is 3. The number of carbonyl (C=O) groups is 3. The Bertz CT molecular complexity index is 671. The molecule has 2 amide bonds. The first-order chi connectivity index (χ1) is 11.5. The Hall–Kier alpha value is -2.37. The summed E-state index contributed by atoms with van der Waals surface area (Å²) in [5, 5.41) is 2.89. The zero-order valence-electron chi connectivity index (χ0n) is 14.0. The van der Waals surface area contributed by atoms with Crippen LogP contribution in [-0.4, -0.2) is 35.3 Å². The van der Waals surface area contributed by atoms with Gasteiger partial charge in [0.1, 0.15) is 6.04 Å². The van der Waals surface area contributed by atoms with Crippen molar-refractivity contribution >= 4 is 17.8 Å². The van der Waals surface area contributed by atoms with Crippen molar-refractivity contribution in [3.8, 4) is 0 Å². The molecule has 0 aromatic heterocycles. The molecule has 2 aliphatic heterocycles. The Kier molecular flexibility index (Phi) is 4.55. The normalized spacial score (nSPS) is 22.7. The molecule has 0 spiro atoms. The van der Waals surface area contributed by atoms with E-state index in [4.69, 9.17) is 4.74 Å². The third-order valence-electron chi connectivity index (χ3n) is 4.50. The molecule has 3 rings (SSSR count). The first-order valence-electron chi connectivity index (χ1n) is 8.38. The number of likely N-dealkylation sites (tertiary alicyclic amines) is 1. The van der Waals surface area contributed by atoms with Crippen LogP contribution in [-0.2, 0) is 14.3 Å². The fourth-order valence-electron chi connectivity index (χ4n) is 3.19. The summed E-state index contributed by atoms with van der Waals surface area (Å²) in [6.07, 6.45) is 0.818. The van der Waals surface area contributed by atoms with Gasteiger partial charge in [-0.3, -0.25) is 14.5 Å². The molecule has 2 unspecified atom stereocenters. The van der Waals surface area contributed by atoms with Crippen molar-refractivity contribution in [3.63, 3.8) is 0 Å². The molecule has 128 valence electrons. The van der Waals surface area contributed by atoms with Gasteiger partial charge in [-0.05, 0) is 24.8 Å². The summed E-state index contributed by atoms with van der Waals surface area (Å²) < 4.78 is 5.40. The van der Waals surface area contributed by atoms with Crippen LogP contribution < -0.4 is 5.32 Å².